The number of hydrogen-bond donors (Lipinski definition) is 0. The lowest BCUT2D eigenvalue weighted by Gasteiger charge is -2.33. The summed E-state index contributed by atoms with van der Waals surface area (Å²) < 4.78 is 66.1. The zero-order valence-electron chi connectivity index (χ0n) is 29.9. The molecule has 16 heteroatoms. The van der Waals surface area contributed by atoms with E-state index in [9.17, 15) is 27.6 Å². The minimum atomic E-state index is -5.04. The molecule has 1 aromatic heterocycles. The lowest BCUT2D eigenvalue weighted by molar-refractivity contribution is -0.137. The molecule has 3 amide bonds. The van der Waals surface area contributed by atoms with E-state index in [4.69, 9.17) is 18.9 Å². The van der Waals surface area contributed by atoms with Gasteiger partial charge in [0.05, 0.1) is 36.2 Å². The molecule has 0 aromatic carbocycles. The summed E-state index contributed by atoms with van der Waals surface area (Å²) in [5.74, 6) is -0.777. The van der Waals surface area contributed by atoms with E-state index in [-0.39, 0.29) is 36.1 Å². The fraction of sp³-hybridized carbons (Fsp3) is 0.636. The molecule has 2 aliphatic rings. The van der Waals surface area contributed by atoms with Crippen LogP contribution in [0.2, 0.25) is 0 Å². The van der Waals surface area contributed by atoms with Gasteiger partial charge in [0.2, 0.25) is 5.90 Å². The number of rotatable bonds is 5. The van der Waals surface area contributed by atoms with Crippen LogP contribution in [0.5, 0.6) is 0 Å². The third-order valence-electron chi connectivity index (χ3n) is 6.93. The largest absolute Gasteiger partial charge is 0.472 e. The van der Waals surface area contributed by atoms with Crippen molar-refractivity contribution in [2.45, 2.75) is 104 Å². The minimum Gasteiger partial charge on any atom is -0.472 e. The summed E-state index contributed by atoms with van der Waals surface area (Å²) in [6.07, 6.45) is -6.73. The smallest absolute Gasteiger partial charge is 0.425 e. The molecule has 1 aromatic rings. The van der Waals surface area contributed by atoms with E-state index in [0.717, 1.165) is 12.3 Å². The number of halogens is 3. The van der Waals surface area contributed by atoms with Crippen LogP contribution in [0.1, 0.15) is 80.7 Å². The number of carbonyl (C=O) groups is 3. The van der Waals surface area contributed by atoms with Gasteiger partial charge in [0.1, 0.15) is 28.5 Å². The summed E-state index contributed by atoms with van der Waals surface area (Å²) in [6.45, 7) is 19.0. The van der Waals surface area contributed by atoms with Crippen LogP contribution < -0.4 is 9.80 Å². The number of ether oxygens (including phenoxy) is 4. The Morgan fingerprint density at radius 3 is 2.00 bits per heavy atom. The number of carbonyl (C=O) groups excluding carboxylic acids is 3. The van der Waals surface area contributed by atoms with Gasteiger partial charge in [0.25, 0.3) is 0 Å². The van der Waals surface area contributed by atoms with Crippen LogP contribution in [0.25, 0.3) is 0 Å². The fourth-order valence-corrected chi connectivity index (χ4v) is 4.94. The second-order valence-corrected chi connectivity index (χ2v) is 14.6. The van der Waals surface area contributed by atoms with E-state index in [1.54, 1.807) is 30.6 Å². The number of likely N-dealkylation sites (tertiary alicyclic amines) is 1. The van der Waals surface area contributed by atoms with Crippen molar-refractivity contribution in [3.05, 3.63) is 29.1 Å². The molecule has 13 nitrogen and oxygen atoms in total. The summed E-state index contributed by atoms with van der Waals surface area (Å²) >= 11 is 0. The number of nitrogens with zero attached hydrogens (tertiary/aromatic N) is 6. The molecule has 3 heterocycles. The van der Waals surface area contributed by atoms with Crippen molar-refractivity contribution in [2.24, 2.45) is 9.98 Å². The van der Waals surface area contributed by atoms with Gasteiger partial charge < -0.3 is 28.7 Å². The van der Waals surface area contributed by atoms with Gasteiger partial charge in [-0.25, -0.2) is 19.4 Å². The average molecular weight is 697 g/mol. The number of aromatic nitrogens is 1. The summed E-state index contributed by atoms with van der Waals surface area (Å²) in [6, 6.07) is 0.813. The molecule has 272 valence electrons. The average Bonchev–Trinajstić information content (AvgIpc) is 3.41. The van der Waals surface area contributed by atoms with Gasteiger partial charge in [-0.1, -0.05) is 0 Å². The minimum absolute atomic E-state index is 0.0314. The Hall–Kier alpha value is -4.37. The molecule has 1 atom stereocenters. The van der Waals surface area contributed by atoms with Gasteiger partial charge in [-0.2, -0.15) is 18.1 Å². The summed E-state index contributed by atoms with van der Waals surface area (Å²) in [5.41, 5.74) is -3.18. The number of aliphatic imine (C=N–C) groups is 2. The first kappa shape index (κ1) is 39.1. The van der Waals surface area contributed by atoms with Crippen LogP contribution in [0.4, 0.5) is 39.1 Å². The van der Waals surface area contributed by atoms with Crippen molar-refractivity contribution < 1.29 is 46.5 Å². The van der Waals surface area contributed by atoms with Gasteiger partial charge in [-0.3, -0.25) is 9.98 Å². The Bertz CT molecular complexity index is 1460. The summed E-state index contributed by atoms with van der Waals surface area (Å²) in [5, 5.41) is 0. The van der Waals surface area contributed by atoms with E-state index in [0.29, 0.717) is 30.7 Å². The molecule has 0 bridgehead atoms. The Morgan fingerprint density at radius 1 is 0.939 bits per heavy atom. The quantitative estimate of drug-likeness (QED) is 0.181. The second kappa shape index (κ2) is 14.6. The van der Waals surface area contributed by atoms with Crippen LogP contribution in [0.15, 0.2) is 33.5 Å². The highest BCUT2D eigenvalue weighted by atomic mass is 19.4. The third kappa shape index (κ3) is 10.8. The first-order valence-corrected chi connectivity index (χ1v) is 15.8. The molecule has 0 aliphatic carbocycles. The first-order chi connectivity index (χ1) is 22.4. The predicted octanol–water partition coefficient (Wildman–Crippen LogP) is 7.00. The number of anilines is 2. The molecule has 0 unspecified atom stereocenters. The molecule has 1 saturated heterocycles. The van der Waals surface area contributed by atoms with Gasteiger partial charge >= 0.3 is 24.5 Å². The van der Waals surface area contributed by atoms with Crippen LogP contribution in [-0.2, 0) is 25.1 Å². The molecule has 0 radical (unpaired) electrons. The Labute approximate surface area is 285 Å². The lowest BCUT2D eigenvalue weighted by Crippen LogP contribution is -2.45. The Balaban J connectivity index is 1.94. The van der Waals surface area contributed by atoms with Gasteiger partial charge in [0, 0.05) is 33.0 Å². The maximum Gasteiger partial charge on any atom is 0.425 e. The molecular formula is C33H47F3N6O7. The van der Waals surface area contributed by atoms with Gasteiger partial charge in [-0.05, 0) is 75.1 Å². The number of hydrogen-bond acceptors (Lipinski definition) is 11. The van der Waals surface area contributed by atoms with Crippen molar-refractivity contribution in [2.75, 3.05) is 43.0 Å². The van der Waals surface area contributed by atoms with E-state index in [1.807, 2.05) is 0 Å². The van der Waals surface area contributed by atoms with Gasteiger partial charge in [-0.15, -0.1) is 0 Å². The molecule has 1 fully saturated rings. The monoisotopic (exact) mass is 696 g/mol. The second-order valence-electron chi connectivity index (χ2n) is 14.6. The van der Waals surface area contributed by atoms with Crippen LogP contribution >= 0.6 is 0 Å². The van der Waals surface area contributed by atoms with Crippen molar-refractivity contribution in [3.63, 3.8) is 0 Å². The fourth-order valence-electron chi connectivity index (χ4n) is 4.94. The Kier molecular flexibility index (Phi) is 11.7. The van der Waals surface area contributed by atoms with Crippen molar-refractivity contribution in [1.82, 2.24) is 9.88 Å². The van der Waals surface area contributed by atoms with Crippen molar-refractivity contribution in [1.29, 1.82) is 0 Å². The molecule has 0 N–H and O–H groups in total. The standard InChI is InChI=1S/C33H47F3N6O7/c1-30(2,3)47-27(43)41-14-12-21(18-41)46-26(38-11)22-19-40(15-13-24(22)37-10)20-16-23(33(34,35)36)25(39-17-20)42(28(44)48-31(4,5)6)29(45)49-32(7,8)9/h16-17,21H,10,12-15,18-19H2,1-9,11H3/t21-/m0/s1. The van der Waals surface area contributed by atoms with E-state index < -0.39 is 58.7 Å². The normalized spacial score (nSPS) is 17.9. The lowest BCUT2D eigenvalue weighted by atomic mass is 10.0. The molecule has 2 aliphatic heterocycles. The van der Waals surface area contributed by atoms with E-state index >= 15 is 0 Å². The highest BCUT2D eigenvalue weighted by Crippen LogP contribution is 2.39. The highest BCUT2D eigenvalue weighted by molar-refractivity contribution is 6.09. The van der Waals surface area contributed by atoms with Crippen LogP contribution in [0, 0.1) is 0 Å². The summed E-state index contributed by atoms with van der Waals surface area (Å²) in [4.78, 5) is 54.6. The van der Waals surface area contributed by atoms with Gasteiger partial charge in [0.15, 0.2) is 5.82 Å². The van der Waals surface area contributed by atoms with E-state index in [1.165, 1.54) is 48.6 Å². The maximum atomic E-state index is 14.6. The van der Waals surface area contributed by atoms with Crippen molar-refractivity contribution in [3.8, 4) is 0 Å². The summed E-state index contributed by atoms with van der Waals surface area (Å²) in [7, 11) is 1.52. The van der Waals surface area contributed by atoms with E-state index in [2.05, 4.69) is 21.7 Å². The zero-order chi connectivity index (χ0) is 37.1. The molecule has 0 saturated carbocycles. The van der Waals surface area contributed by atoms with Crippen molar-refractivity contribution >= 4 is 42.4 Å². The molecule has 0 spiro atoms. The van der Waals surface area contributed by atoms with Crippen LogP contribution in [-0.4, -0.2) is 96.9 Å². The zero-order valence-corrected chi connectivity index (χ0v) is 29.9. The van der Waals surface area contributed by atoms with Crippen LogP contribution in [0.3, 0.4) is 0 Å². The predicted molar refractivity (Wildman–Crippen MR) is 178 cm³/mol. The Morgan fingerprint density at radius 2 is 1.51 bits per heavy atom. The maximum absolute atomic E-state index is 14.6. The number of alkyl halides is 3. The first-order valence-electron chi connectivity index (χ1n) is 15.8. The highest BCUT2D eigenvalue weighted by Gasteiger charge is 2.43. The SMILES string of the molecule is C=NC1=C(C(=NC)O[C@H]2CCN(C(=O)OC(C)(C)C)C2)CN(c2cnc(N(C(=O)OC(C)(C)C)C(=O)OC(C)(C)C)c(C(F)(F)F)c2)CC1. The molecular weight excluding hydrogens is 649 g/mol. The molecule has 3 rings (SSSR count). The topological polar surface area (TPSA) is 135 Å². The number of pyridine rings is 1. The number of imide groups is 1. The number of amides is 3. The molecule has 49 heavy (non-hydrogen) atoms. The third-order valence-corrected chi connectivity index (χ3v) is 6.93.